The second-order valence-corrected chi connectivity index (χ2v) is 8.64. The molecule has 1 saturated carbocycles. The molecule has 11 heteroatoms. The molecule has 0 saturated heterocycles. The average molecular weight is 465 g/mol. The zero-order valence-corrected chi connectivity index (χ0v) is 18.9. The van der Waals surface area contributed by atoms with Gasteiger partial charge in [0.2, 0.25) is 11.8 Å². The molecule has 5 N–H and O–H groups in total. The lowest BCUT2D eigenvalue weighted by Gasteiger charge is -2.39. The van der Waals surface area contributed by atoms with E-state index in [9.17, 15) is 14.4 Å². The van der Waals surface area contributed by atoms with Crippen molar-refractivity contribution in [1.29, 1.82) is 0 Å². The number of aromatic nitrogens is 1. The van der Waals surface area contributed by atoms with Gasteiger partial charge in [-0.2, -0.15) is 0 Å². The molecule has 1 aliphatic carbocycles. The van der Waals surface area contributed by atoms with Crippen LogP contribution in [0.15, 0.2) is 23.5 Å². The third-order valence-corrected chi connectivity index (χ3v) is 6.43. The fraction of sp³-hybridized carbons (Fsp3) is 0.571. The van der Waals surface area contributed by atoms with Gasteiger partial charge in [0.15, 0.2) is 0 Å². The number of hydrogen-bond donors (Lipinski definition) is 4. The van der Waals surface area contributed by atoms with E-state index in [0.29, 0.717) is 43.0 Å². The van der Waals surface area contributed by atoms with Crippen LogP contribution in [0.25, 0.3) is 0 Å². The minimum absolute atomic E-state index is 0.1000. The Morgan fingerprint density at radius 3 is 2.69 bits per heavy atom. The molecule has 1 aromatic heterocycles. The number of carbonyl (C=O) groups excluding carboxylic acids is 3. The average Bonchev–Trinajstić information content (AvgIpc) is 3.22. The molecule has 1 aromatic rings. The van der Waals surface area contributed by atoms with Crippen molar-refractivity contribution in [2.45, 2.75) is 44.2 Å². The molecule has 10 nitrogen and oxygen atoms in total. The monoisotopic (exact) mass is 464 g/mol. The smallest absolute Gasteiger partial charge is 0.268 e. The van der Waals surface area contributed by atoms with Crippen LogP contribution in [0.2, 0.25) is 5.02 Å². The van der Waals surface area contributed by atoms with Gasteiger partial charge in [0, 0.05) is 25.3 Å². The summed E-state index contributed by atoms with van der Waals surface area (Å²) in [7, 11) is 1.54. The van der Waals surface area contributed by atoms with Crippen molar-refractivity contribution < 1.29 is 19.1 Å². The quantitative estimate of drug-likeness (QED) is 0.448. The highest BCUT2D eigenvalue weighted by Gasteiger charge is 2.54. The van der Waals surface area contributed by atoms with Crippen LogP contribution >= 0.6 is 11.6 Å². The summed E-state index contributed by atoms with van der Waals surface area (Å²) in [5.41, 5.74) is 5.01. The summed E-state index contributed by atoms with van der Waals surface area (Å²) in [4.78, 5) is 46.4. The minimum atomic E-state index is -1.36. The second kappa shape index (κ2) is 10.4. The first-order valence-corrected chi connectivity index (χ1v) is 11.0. The molecule has 2 atom stereocenters. The molecule has 32 heavy (non-hydrogen) atoms. The normalized spacial score (nSPS) is 26.2. The SMILES string of the molecule is COCC(C)NC(=O)C1=NCNC1(C(N)=O)C1CCC(C(=O)Nc2cnccc2Cl)CC1. The van der Waals surface area contributed by atoms with Crippen molar-refractivity contribution in [3.8, 4) is 0 Å². The van der Waals surface area contributed by atoms with E-state index in [1.807, 2.05) is 0 Å². The Balaban J connectivity index is 1.68. The predicted octanol–water partition coefficient (Wildman–Crippen LogP) is 0.857. The molecule has 1 fully saturated rings. The molecule has 2 heterocycles. The highest BCUT2D eigenvalue weighted by atomic mass is 35.5. The fourth-order valence-electron chi connectivity index (χ4n) is 4.52. The van der Waals surface area contributed by atoms with Crippen molar-refractivity contribution in [3.63, 3.8) is 0 Å². The van der Waals surface area contributed by atoms with Crippen LogP contribution in [-0.4, -0.2) is 60.4 Å². The zero-order chi connectivity index (χ0) is 23.3. The number of pyridine rings is 1. The number of ether oxygens (including phenoxy) is 1. The highest BCUT2D eigenvalue weighted by Crippen LogP contribution is 2.38. The molecule has 0 radical (unpaired) electrons. The maximum atomic E-state index is 12.9. The van der Waals surface area contributed by atoms with Crippen LogP contribution in [0, 0.1) is 11.8 Å². The molecule has 3 rings (SSSR count). The van der Waals surface area contributed by atoms with E-state index in [4.69, 9.17) is 22.1 Å². The number of carbonyl (C=O) groups is 3. The topological polar surface area (TPSA) is 148 Å². The lowest BCUT2D eigenvalue weighted by molar-refractivity contribution is -0.126. The fourth-order valence-corrected chi connectivity index (χ4v) is 4.67. The van der Waals surface area contributed by atoms with Crippen molar-refractivity contribution >= 4 is 40.7 Å². The molecular formula is C21H29ClN6O4. The van der Waals surface area contributed by atoms with E-state index in [1.165, 1.54) is 6.20 Å². The van der Waals surface area contributed by atoms with E-state index in [1.54, 1.807) is 26.3 Å². The van der Waals surface area contributed by atoms with Gasteiger partial charge >= 0.3 is 0 Å². The van der Waals surface area contributed by atoms with Crippen LogP contribution < -0.4 is 21.7 Å². The first-order chi connectivity index (χ1) is 15.3. The summed E-state index contributed by atoms with van der Waals surface area (Å²) in [6.07, 6.45) is 5.21. The number of methoxy groups -OCH3 is 1. The summed E-state index contributed by atoms with van der Waals surface area (Å²) in [5.74, 6) is -1.73. The number of primary amides is 1. The van der Waals surface area contributed by atoms with E-state index in [0.717, 1.165) is 0 Å². The number of rotatable bonds is 8. The van der Waals surface area contributed by atoms with E-state index >= 15 is 0 Å². The summed E-state index contributed by atoms with van der Waals surface area (Å²) < 4.78 is 5.06. The van der Waals surface area contributed by atoms with Crippen molar-refractivity contribution in [3.05, 3.63) is 23.5 Å². The van der Waals surface area contributed by atoms with Crippen LogP contribution in [0.4, 0.5) is 5.69 Å². The Morgan fingerprint density at radius 2 is 2.06 bits per heavy atom. The Labute approximate surface area is 191 Å². The molecular weight excluding hydrogens is 436 g/mol. The second-order valence-electron chi connectivity index (χ2n) is 8.24. The van der Waals surface area contributed by atoms with Gasteiger partial charge in [0.1, 0.15) is 11.3 Å². The molecule has 1 aliphatic heterocycles. The summed E-state index contributed by atoms with van der Waals surface area (Å²) in [5, 5.41) is 9.11. The number of hydrogen-bond acceptors (Lipinski definition) is 7. The molecule has 2 aliphatic rings. The van der Waals surface area contributed by atoms with Gasteiger partial charge in [-0.1, -0.05) is 11.6 Å². The van der Waals surface area contributed by atoms with Crippen molar-refractivity contribution in [2.75, 3.05) is 25.7 Å². The van der Waals surface area contributed by atoms with E-state index < -0.39 is 17.4 Å². The highest BCUT2D eigenvalue weighted by molar-refractivity contribution is 6.47. The van der Waals surface area contributed by atoms with Crippen LogP contribution in [0.5, 0.6) is 0 Å². The molecule has 0 spiro atoms. The molecule has 0 bridgehead atoms. The van der Waals surface area contributed by atoms with Gasteiger partial charge in [0.05, 0.1) is 30.2 Å². The maximum Gasteiger partial charge on any atom is 0.268 e. The Bertz CT molecular complexity index is 902. The number of nitrogens with two attached hydrogens (primary N) is 1. The maximum absolute atomic E-state index is 12.9. The van der Waals surface area contributed by atoms with Gasteiger partial charge in [-0.25, -0.2) is 0 Å². The van der Waals surface area contributed by atoms with Gasteiger partial charge in [-0.3, -0.25) is 29.7 Å². The third-order valence-electron chi connectivity index (χ3n) is 6.10. The number of nitrogens with one attached hydrogen (secondary N) is 3. The lowest BCUT2D eigenvalue weighted by Crippen LogP contribution is -2.66. The number of aliphatic imine (C=N–C) groups is 1. The van der Waals surface area contributed by atoms with Crippen molar-refractivity contribution in [1.82, 2.24) is 15.6 Å². The number of nitrogens with zero attached hydrogens (tertiary/aromatic N) is 2. The molecule has 174 valence electrons. The third kappa shape index (κ3) is 4.92. The first-order valence-electron chi connectivity index (χ1n) is 10.6. The van der Waals surface area contributed by atoms with Crippen molar-refractivity contribution in [2.24, 2.45) is 22.6 Å². The number of anilines is 1. The van der Waals surface area contributed by atoms with Gasteiger partial charge in [0.25, 0.3) is 5.91 Å². The van der Waals surface area contributed by atoms with Gasteiger partial charge < -0.3 is 21.1 Å². The summed E-state index contributed by atoms with van der Waals surface area (Å²) >= 11 is 6.10. The summed E-state index contributed by atoms with van der Waals surface area (Å²) in [6.45, 7) is 2.26. The Kier molecular flexibility index (Phi) is 7.81. The predicted molar refractivity (Wildman–Crippen MR) is 120 cm³/mol. The largest absolute Gasteiger partial charge is 0.383 e. The standard InChI is InChI=1S/C21H29ClN6O4/c1-12(10-32-2)27-19(30)17-21(20(23)31,26-11-25-17)14-5-3-13(4-6-14)18(29)28-16-9-24-8-7-15(16)22/h7-9,12-14,26H,3-6,10-11H2,1-2H3,(H2,23,31)(H,27,30)(H,28,29). The minimum Gasteiger partial charge on any atom is -0.383 e. The van der Waals surface area contributed by atoms with E-state index in [2.05, 4.69) is 25.9 Å². The zero-order valence-electron chi connectivity index (χ0n) is 18.2. The Hall–Kier alpha value is -2.56. The van der Waals surface area contributed by atoms with Gasteiger partial charge in [-0.15, -0.1) is 0 Å². The molecule has 2 unspecified atom stereocenters. The number of halogens is 1. The van der Waals surface area contributed by atoms with Crippen LogP contribution in [-0.2, 0) is 19.1 Å². The van der Waals surface area contributed by atoms with Crippen LogP contribution in [0.3, 0.4) is 0 Å². The summed E-state index contributed by atoms with van der Waals surface area (Å²) in [6, 6.07) is 1.36. The molecule has 0 aromatic carbocycles. The lowest BCUT2D eigenvalue weighted by atomic mass is 9.69. The molecule has 3 amide bonds. The van der Waals surface area contributed by atoms with E-state index in [-0.39, 0.29) is 36.2 Å². The van der Waals surface area contributed by atoms with Crippen LogP contribution in [0.1, 0.15) is 32.6 Å². The Morgan fingerprint density at radius 1 is 1.34 bits per heavy atom. The number of amides is 3. The van der Waals surface area contributed by atoms with Gasteiger partial charge in [-0.05, 0) is 44.6 Å². The first kappa shape index (κ1) is 24.1.